The van der Waals surface area contributed by atoms with Crippen molar-refractivity contribution in [1.82, 2.24) is 9.88 Å². The number of aryl methyl sites for hydroxylation is 2. The maximum atomic E-state index is 5.63. The van der Waals surface area contributed by atoms with Crippen molar-refractivity contribution in [3.8, 4) is 0 Å². The van der Waals surface area contributed by atoms with Crippen LogP contribution in [0.1, 0.15) is 11.1 Å². The Morgan fingerprint density at radius 1 is 1.10 bits per heavy atom. The molecule has 21 heavy (non-hydrogen) atoms. The average molecular weight is 284 g/mol. The Hall–Kier alpha value is -1.65. The first-order valence-corrected chi connectivity index (χ1v) is 7.73. The number of piperazine rings is 1. The van der Waals surface area contributed by atoms with Gasteiger partial charge in [0.25, 0.3) is 0 Å². The van der Waals surface area contributed by atoms with Gasteiger partial charge in [-0.25, -0.2) is 4.98 Å². The lowest BCUT2D eigenvalue weighted by molar-refractivity contribution is 0.264. The number of rotatable bonds is 3. The van der Waals surface area contributed by atoms with E-state index < -0.39 is 0 Å². The average Bonchev–Trinajstić information content (AvgIpc) is 2.48. The van der Waals surface area contributed by atoms with Crippen molar-refractivity contribution in [2.75, 3.05) is 44.2 Å². The molecule has 0 unspecified atom stereocenters. The fraction of sp³-hybridized carbons (Fsp3) is 0.471. The van der Waals surface area contributed by atoms with Crippen LogP contribution in [0.5, 0.6) is 0 Å². The Morgan fingerprint density at radius 3 is 2.57 bits per heavy atom. The molecule has 0 amide bonds. The highest BCUT2D eigenvalue weighted by Gasteiger charge is 2.17. The lowest BCUT2D eigenvalue weighted by Gasteiger charge is -2.35. The summed E-state index contributed by atoms with van der Waals surface area (Å²) in [7, 11) is 0. The number of pyridine rings is 1. The van der Waals surface area contributed by atoms with Crippen LogP contribution in [-0.2, 0) is 0 Å². The third-order valence-electron chi connectivity index (χ3n) is 4.25. The molecule has 2 N–H and O–H groups in total. The van der Waals surface area contributed by atoms with Gasteiger partial charge in [-0.1, -0.05) is 11.6 Å². The normalized spacial score (nSPS) is 16.6. The molecule has 1 aliphatic rings. The number of nitrogens with two attached hydrogens (primary N) is 1. The second-order valence-corrected chi connectivity index (χ2v) is 5.94. The molecule has 1 aromatic carbocycles. The second kappa shape index (κ2) is 6.00. The first-order valence-electron chi connectivity index (χ1n) is 7.73. The van der Waals surface area contributed by atoms with E-state index in [-0.39, 0.29) is 0 Å². The van der Waals surface area contributed by atoms with Gasteiger partial charge in [0.15, 0.2) is 0 Å². The van der Waals surface area contributed by atoms with Crippen LogP contribution in [-0.4, -0.2) is 49.2 Å². The fourth-order valence-electron chi connectivity index (χ4n) is 3.15. The van der Waals surface area contributed by atoms with Crippen LogP contribution in [0, 0.1) is 13.8 Å². The first kappa shape index (κ1) is 14.3. The molecule has 4 heteroatoms. The lowest BCUT2D eigenvalue weighted by atomic mass is 10.1. The molecule has 1 aromatic heterocycles. The van der Waals surface area contributed by atoms with E-state index >= 15 is 0 Å². The summed E-state index contributed by atoms with van der Waals surface area (Å²) in [6, 6.07) is 8.76. The van der Waals surface area contributed by atoms with E-state index in [9.17, 15) is 0 Å². The lowest BCUT2D eigenvalue weighted by Crippen LogP contribution is -2.48. The molecule has 1 aliphatic heterocycles. The van der Waals surface area contributed by atoms with Gasteiger partial charge in [0.1, 0.15) is 5.82 Å². The summed E-state index contributed by atoms with van der Waals surface area (Å²) in [6.07, 6.45) is 0. The van der Waals surface area contributed by atoms with Crippen molar-refractivity contribution in [2.24, 2.45) is 5.73 Å². The molecule has 0 spiro atoms. The summed E-state index contributed by atoms with van der Waals surface area (Å²) >= 11 is 0. The van der Waals surface area contributed by atoms with Crippen LogP contribution in [0.15, 0.2) is 24.3 Å². The zero-order chi connectivity index (χ0) is 14.8. The van der Waals surface area contributed by atoms with Crippen LogP contribution in [0.2, 0.25) is 0 Å². The van der Waals surface area contributed by atoms with E-state index in [2.05, 4.69) is 47.9 Å². The van der Waals surface area contributed by atoms with Crippen molar-refractivity contribution < 1.29 is 0 Å². The largest absolute Gasteiger partial charge is 0.354 e. The highest BCUT2D eigenvalue weighted by molar-refractivity contribution is 5.84. The van der Waals surface area contributed by atoms with Crippen molar-refractivity contribution in [3.05, 3.63) is 35.4 Å². The van der Waals surface area contributed by atoms with Gasteiger partial charge in [-0.15, -0.1) is 0 Å². The second-order valence-electron chi connectivity index (χ2n) is 5.94. The number of nitrogens with zero attached hydrogens (tertiary/aromatic N) is 3. The van der Waals surface area contributed by atoms with Gasteiger partial charge in [0.05, 0.1) is 5.52 Å². The molecule has 2 aromatic rings. The Balaban J connectivity index is 1.82. The topological polar surface area (TPSA) is 45.4 Å². The summed E-state index contributed by atoms with van der Waals surface area (Å²) in [4.78, 5) is 9.70. The maximum absolute atomic E-state index is 5.63. The van der Waals surface area contributed by atoms with Gasteiger partial charge in [-0.2, -0.15) is 0 Å². The summed E-state index contributed by atoms with van der Waals surface area (Å²) in [6.45, 7) is 10.2. The number of aromatic nitrogens is 1. The van der Waals surface area contributed by atoms with Gasteiger partial charge >= 0.3 is 0 Å². The Bertz CT molecular complexity index is 630. The van der Waals surface area contributed by atoms with Crippen molar-refractivity contribution in [2.45, 2.75) is 13.8 Å². The molecule has 0 radical (unpaired) electrons. The van der Waals surface area contributed by atoms with Crippen LogP contribution in [0.25, 0.3) is 10.9 Å². The predicted octanol–water partition coefficient (Wildman–Crippen LogP) is 1.93. The summed E-state index contributed by atoms with van der Waals surface area (Å²) in [5.74, 6) is 1.10. The molecule has 1 saturated heterocycles. The van der Waals surface area contributed by atoms with E-state index in [0.717, 1.165) is 50.6 Å². The third-order valence-corrected chi connectivity index (χ3v) is 4.25. The Kier molecular flexibility index (Phi) is 4.08. The monoisotopic (exact) mass is 284 g/mol. The molecule has 112 valence electrons. The highest BCUT2D eigenvalue weighted by atomic mass is 15.3. The molecule has 0 atom stereocenters. The number of fused-ring (bicyclic) bond motifs is 1. The maximum Gasteiger partial charge on any atom is 0.129 e. The Morgan fingerprint density at radius 2 is 1.86 bits per heavy atom. The van der Waals surface area contributed by atoms with E-state index in [4.69, 9.17) is 10.7 Å². The molecule has 4 nitrogen and oxygen atoms in total. The molecule has 1 fully saturated rings. The van der Waals surface area contributed by atoms with Crippen molar-refractivity contribution >= 4 is 16.7 Å². The van der Waals surface area contributed by atoms with Crippen LogP contribution in [0.3, 0.4) is 0 Å². The van der Waals surface area contributed by atoms with E-state index in [1.165, 1.54) is 16.5 Å². The van der Waals surface area contributed by atoms with Crippen LogP contribution >= 0.6 is 0 Å². The minimum Gasteiger partial charge on any atom is -0.354 e. The highest BCUT2D eigenvalue weighted by Crippen LogP contribution is 2.23. The van der Waals surface area contributed by atoms with Gasteiger partial charge in [-0.05, 0) is 37.6 Å². The van der Waals surface area contributed by atoms with E-state index in [0.29, 0.717) is 0 Å². The molecule has 2 heterocycles. The smallest absolute Gasteiger partial charge is 0.129 e. The molecular formula is C17H24N4. The Labute approximate surface area is 126 Å². The van der Waals surface area contributed by atoms with Crippen molar-refractivity contribution in [3.63, 3.8) is 0 Å². The van der Waals surface area contributed by atoms with Gasteiger partial charge < -0.3 is 10.6 Å². The number of anilines is 1. The fourth-order valence-corrected chi connectivity index (χ4v) is 3.15. The van der Waals surface area contributed by atoms with Crippen LogP contribution in [0.4, 0.5) is 5.82 Å². The molecule has 0 saturated carbocycles. The number of benzene rings is 1. The number of hydrogen-bond donors (Lipinski definition) is 1. The van der Waals surface area contributed by atoms with E-state index in [1.54, 1.807) is 0 Å². The van der Waals surface area contributed by atoms with Gasteiger partial charge in [0.2, 0.25) is 0 Å². The van der Waals surface area contributed by atoms with Gasteiger partial charge in [0, 0.05) is 44.7 Å². The summed E-state index contributed by atoms with van der Waals surface area (Å²) in [5.41, 5.74) is 9.31. The van der Waals surface area contributed by atoms with Crippen LogP contribution < -0.4 is 10.6 Å². The number of hydrogen-bond acceptors (Lipinski definition) is 4. The molecular weight excluding hydrogens is 260 g/mol. The minimum atomic E-state index is 0.743. The zero-order valence-electron chi connectivity index (χ0n) is 13.0. The summed E-state index contributed by atoms with van der Waals surface area (Å²) in [5, 5.41) is 1.23. The molecule has 0 aliphatic carbocycles. The van der Waals surface area contributed by atoms with Crippen molar-refractivity contribution in [1.29, 1.82) is 0 Å². The molecule has 3 rings (SSSR count). The minimum absolute atomic E-state index is 0.743. The zero-order valence-corrected chi connectivity index (χ0v) is 13.0. The summed E-state index contributed by atoms with van der Waals surface area (Å²) < 4.78 is 0. The third kappa shape index (κ3) is 3.01. The first-order chi connectivity index (χ1) is 10.2. The standard InChI is InChI=1S/C17H24N4/c1-13-11-14(2)17-15(12-13)3-4-16(19-17)21-9-7-20(6-5-18)8-10-21/h3-4,11-12H,5-10,18H2,1-2H3. The quantitative estimate of drug-likeness (QED) is 0.935. The molecule has 0 bridgehead atoms. The van der Waals surface area contributed by atoms with Gasteiger partial charge in [-0.3, -0.25) is 4.90 Å². The van der Waals surface area contributed by atoms with E-state index in [1.807, 2.05) is 0 Å². The SMILES string of the molecule is Cc1cc(C)c2nc(N3CCN(CCN)CC3)ccc2c1. The predicted molar refractivity (Wildman–Crippen MR) is 88.9 cm³/mol.